The summed E-state index contributed by atoms with van der Waals surface area (Å²) in [6.45, 7) is 4.57. The molecule has 0 aliphatic rings. The monoisotopic (exact) mass is 349 g/mol. The number of carbonyl (C=O) groups is 1. The minimum atomic E-state index is -0.129. The summed E-state index contributed by atoms with van der Waals surface area (Å²) < 4.78 is 6.92. The van der Waals surface area contributed by atoms with Gasteiger partial charge in [-0.05, 0) is 49.7 Å². The third-order valence-electron chi connectivity index (χ3n) is 4.35. The predicted molar refractivity (Wildman–Crippen MR) is 102 cm³/mol. The average molecular weight is 349 g/mol. The number of benzene rings is 2. The van der Waals surface area contributed by atoms with E-state index in [1.54, 1.807) is 11.8 Å². The van der Waals surface area contributed by atoms with Crippen molar-refractivity contribution in [3.05, 3.63) is 71.9 Å². The highest BCUT2D eigenvalue weighted by atomic mass is 16.5. The molecule has 0 aliphatic carbocycles. The smallest absolute Gasteiger partial charge is 0.270 e. The lowest BCUT2D eigenvalue weighted by Crippen LogP contribution is -2.28. The molecule has 0 saturated heterocycles. The second-order valence-electron chi connectivity index (χ2n) is 6.06. The van der Waals surface area contributed by atoms with Gasteiger partial charge in [-0.15, -0.1) is 0 Å². The topological polar surface area (TPSA) is 56.2 Å². The lowest BCUT2D eigenvalue weighted by Gasteiger charge is -2.14. The molecule has 3 aromatic rings. The van der Waals surface area contributed by atoms with Crippen molar-refractivity contribution in [3.8, 4) is 17.0 Å². The van der Waals surface area contributed by atoms with E-state index in [0.29, 0.717) is 12.2 Å². The van der Waals surface area contributed by atoms with Crippen LogP contribution >= 0.6 is 0 Å². The molecular weight excluding hydrogens is 326 g/mol. The SMILES string of the molecule is CCn1nc(-c2ccc(OC)cc2)cc1C(=O)N[C@@H](C)c1ccccc1. The number of nitrogens with zero attached hydrogens (tertiary/aromatic N) is 2. The Balaban J connectivity index is 1.82. The van der Waals surface area contributed by atoms with Crippen LogP contribution in [0.3, 0.4) is 0 Å². The van der Waals surface area contributed by atoms with Crippen LogP contribution in [0.2, 0.25) is 0 Å². The van der Waals surface area contributed by atoms with E-state index in [2.05, 4.69) is 10.4 Å². The first-order chi connectivity index (χ1) is 12.6. The van der Waals surface area contributed by atoms with Gasteiger partial charge in [-0.3, -0.25) is 9.48 Å². The molecule has 26 heavy (non-hydrogen) atoms. The fourth-order valence-corrected chi connectivity index (χ4v) is 2.84. The fourth-order valence-electron chi connectivity index (χ4n) is 2.84. The quantitative estimate of drug-likeness (QED) is 0.730. The summed E-state index contributed by atoms with van der Waals surface area (Å²) in [4.78, 5) is 12.8. The number of aromatic nitrogens is 2. The Kier molecular flexibility index (Phi) is 5.37. The van der Waals surface area contributed by atoms with E-state index < -0.39 is 0 Å². The Morgan fingerprint density at radius 2 is 1.85 bits per heavy atom. The Bertz CT molecular complexity index is 870. The summed E-state index contributed by atoms with van der Waals surface area (Å²) in [7, 11) is 1.64. The van der Waals surface area contributed by atoms with Gasteiger partial charge in [0.1, 0.15) is 11.4 Å². The summed E-state index contributed by atoms with van der Waals surface area (Å²) >= 11 is 0. The highest BCUT2D eigenvalue weighted by Crippen LogP contribution is 2.23. The standard InChI is InChI=1S/C21H23N3O2/c1-4-24-20(21(25)22-15(2)16-8-6-5-7-9-16)14-19(23-24)17-10-12-18(26-3)13-11-17/h5-15H,4H2,1-3H3,(H,22,25)/t15-/m0/s1. The van der Waals surface area contributed by atoms with E-state index >= 15 is 0 Å². The van der Waals surface area contributed by atoms with Crippen LogP contribution in [0.15, 0.2) is 60.7 Å². The minimum Gasteiger partial charge on any atom is -0.497 e. The Hall–Kier alpha value is -3.08. The molecule has 1 aromatic heterocycles. The second kappa shape index (κ2) is 7.87. The minimum absolute atomic E-state index is 0.0756. The van der Waals surface area contributed by atoms with Gasteiger partial charge < -0.3 is 10.1 Å². The van der Waals surface area contributed by atoms with Crippen molar-refractivity contribution in [1.29, 1.82) is 0 Å². The van der Waals surface area contributed by atoms with Gasteiger partial charge in [0, 0.05) is 12.1 Å². The molecule has 1 heterocycles. The van der Waals surface area contributed by atoms with E-state index in [0.717, 1.165) is 22.6 Å². The number of carbonyl (C=O) groups excluding carboxylic acids is 1. The van der Waals surface area contributed by atoms with Gasteiger partial charge >= 0.3 is 0 Å². The molecule has 0 unspecified atom stereocenters. The maximum Gasteiger partial charge on any atom is 0.270 e. The zero-order chi connectivity index (χ0) is 18.5. The predicted octanol–water partition coefficient (Wildman–Crippen LogP) is 4.07. The van der Waals surface area contributed by atoms with E-state index in [-0.39, 0.29) is 11.9 Å². The van der Waals surface area contributed by atoms with Gasteiger partial charge in [-0.1, -0.05) is 30.3 Å². The van der Waals surface area contributed by atoms with E-state index in [4.69, 9.17) is 4.74 Å². The van der Waals surface area contributed by atoms with E-state index in [1.165, 1.54) is 0 Å². The van der Waals surface area contributed by atoms with E-state index in [9.17, 15) is 4.79 Å². The molecule has 1 N–H and O–H groups in total. The van der Waals surface area contributed by atoms with Crippen molar-refractivity contribution in [2.24, 2.45) is 0 Å². The van der Waals surface area contributed by atoms with Crippen LogP contribution in [0.5, 0.6) is 5.75 Å². The van der Waals surface area contributed by atoms with Gasteiger partial charge in [-0.2, -0.15) is 5.10 Å². The molecule has 5 heteroatoms. The average Bonchev–Trinajstić information content (AvgIpc) is 3.13. The van der Waals surface area contributed by atoms with Crippen molar-refractivity contribution in [3.63, 3.8) is 0 Å². The Morgan fingerprint density at radius 3 is 2.46 bits per heavy atom. The van der Waals surface area contributed by atoms with Gasteiger partial charge in [0.25, 0.3) is 5.91 Å². The molecule has 2 aromatic carbocycles. The van der Waals surface area contributed by atoms with Gasteiger partial charge in [0.05, 0.1) is 18.8 Å². The molecule has 5 nitrogen and oxygen atoms in total. The normalized spacial score (nSPS) is 11.8. The molecule has 0 fully saturated rings. The summed E-state index contributed by atoms with van der Waals surface area (Å²) in [5.41, 5.74) is 3.34. The van der Waals surface area contributed by atoms with Crippen LogP contribution in [0, 0.1) is 0 Å². The van der Waals surface area contributed by atoms with Crippen LogP contribution < -0.4 is 10.1 Å². The largest absolute Gasteiger partial charge is 0.497 e. The first-order valence-corrected chi connectivity index (χ1v) is 8.70. The van der Waals surface area contributed by atoms with Crippen molar-refractivity contribution in [2.75, 3.05) is 7.11 Å². The van der Waals surface area contributed by atoms with Crippen LogP contribution in [-0.2, 0) is 6.54 Å². The van der Waals surface area contributed by atoms with Crippen molar-refractivity contribution < 1.29 is 9.53 Å². The zero-order valence-corrected chi connectivity index (χ0v) is 15.3. The third-order valence-corrected chi connectivity index (χ3v) is 4.35. The maximum atomic E-state index is 12.8. The highest BCUT2D eigenvalue weighted by molar-refractivity contribution is 5.94. The van der Waals surface area contributed by atoms with Crippen LogP contribution in [-0.4, -0.2) is 22.8 Å². The first-order valence-electron chi connectivity index (χ1n) is 8.70. The van der Waals surface area contributed by atoms with Crippen molar-refractivity contribution >= 4 is 5.91 Å². The summed E-state index contributed by atoms with van der Waals surface area (Å²) in [5.74, 6) is 0.661. The Morgan fingerprint density at radius 1 is 1.15 bits per heavy atom. The molecule has 1 atom stereocenters. The summed E-state index contributed by atoms with van der Waals surface area (Å²) in [6.07, 6.45) is 0. The van der Waals surface area contributed by atoms with Gasteiger partial charge in [0.15, 0.2) is 0 Å². The maximum absolute atomic E-state index is 12.8. The number of aryl methyl sites for hydroxylation is 1. The van der Waals surface area contributed by atoms with Gasteiger partial charge in [-0.25, -0.2) is 0 Å². The molecule has 0 spiro atoms. The fraction of sp³-hybridized carbons (Fsp3) is 0.238. The number of ether oxygens (including phenoxy) is 1. The lowest BCUT2D eigenvalue weighted by molar-refractivity contribution is 0.0929. The number of nitrogens with one attached hydrogen (secondary N) is 1. The number of methoxy groups -OCH3 is 1. The van der Waals surface area contributed by atoms with Crippen molar-refractivity contribution in [1.82, 2.24) is 15.1 Å². The van der Waals surface area contributed by atoms with Crippen LogP contribution in [0.1, 0.15) is 35.9 Å². The highest BCUT2D eigenvalue weighted by Gasteiger charge is 2.18. The lowest BCUT2D eigenvalue weighted by atomic mass is 10.1. The molecule has 0 aliphatic heterocycles. The summed E-state index contributed by atoms with van der Waals surface area (Å²) in [6, 6.07) is 19.3. The molecular formula is C21H23N3O2. The van der Waals surface area contributed by atoms with Crippen molar-refractivity contribution in [2.45, 2.75) is 26.4 Å². The zero-order valence-electron chi connectivity index (χ0n) is 15.3. The summed E-state index contributed by atoms with van der Waals surface area (Å²) in [5, 5.41) is 7.62. The number of hydrogen-bond acceptors (Lipinski definition) is 3. The number of hydrogen-bond donors (Lipinski definition) is 1. The molecule has 134 valence electrons. The van der Waals surface area contributed by atoms with Crippen LogP contribution in [0.4, 0.5) is 0 Å². The second-order valence-corrected chi connectivity index (χ2v) is 6.06. The number of rotatable bonds is 6. The molecule has 0 radical (unpaired) electrons. The first kappa shape index (κ1) is 17.7. The number of amides is 1. The molecule has 0 bridgehead atoms. The molecule has 1 amide bonds. The van der Waals surface area contributed by atoms with E-state index in [1.807, 2.05) is 74.5 Å². The molecule has 3 rings (SSSR count). The third kappa shape index (κ3) is 3.77. The molecule has 0 saturated carbocycles. The van der Waals surface area contributed by atoms with Gasteiger partial charge in [0.2, 0.25) is 0 Å². The Labute approximate surface area is 153 Å². The van der Waals surface area contributed by atoms with Crippen LogP contribution in [0.25, 0.3) is 11.3 Å².